The van der Waals surface area contributed by atoms with E-state index in [-0.39, 0.29) is 0 Å². The largest absolute Gasteiger partial charge is 0.344 e. The average molecular weight is 246 g/mol. The zero-order valence-electron chi connectivity index (χ0n) is 11.3. The van der Waals surface area contributed by atoms with E-state index in [0.29, 0.717) is 6.54 Å². The topological polar surface area (TPSA) is 41.0 Å². The molecule has 0 aliphatic rings. The average Bonchev–Trinajstić information content (AvgIpc) is 2.40. The van der Waals surface area contributed by atoms with Gasteiger partial charge in [0.05, 0.1) is 12.2 Å². The Morgan fingerprint density at radius 2 is 2.11 bits per heavy atom. The minimum Gasteiger partial charge on any atom is -0.344 e. The van der Waals surface area contributed by atoms with Crippen LogP contribution in [0.15, 0.2) is 12.1 Å². The van der Waals surface area contributed by atoms with Crippen molar-refractivity contribution in [3.8, 4) is 12.3 Å². The summed E-state index contributed by atoms with van der Waals surface area (Å²) in [6.45, 7) is 7.53. The monoisotopic (exact) mass is 246 g/mol. The maximum atomic E-state index is 5.36. The molecule has 0 amide bonds. The Hall–Kier alpha value is -1.60. The lowest BCUT2D eigenvalue weighted by molar-refractivity contribution is 0.655. The second-order valence-electron chi connectivity index (χ2n) is 4.19. The molecular weight excluding hydrogens is 224 g/mol. The second-order valence-corrected chi connectivity index (χ2v) is 4.19. The molecule has 0 aliphatic carbocycles. The standard InChI is InChI=1S/C14H22N4/c1-4-9-15-12-13-7-8-14(17-16-13)18(10-5-2)11-6-3/h2,7-8,15H,4,6,9-12H2,1,3H3. The molecule has 0 unspecified atom stereocenters. The Labute approximate surface area is 110 Å². The molecule has 4 heteroatoms. The van der Waals surface area contributed by atoms with E-state index in [1.807, 2.05) is 12.1 Å². The minimum absolute atomic E-state index is 0.579. The molecule has 0 fully saturated rings. The van der Waals surface area contributed by atoms with Crippen LogP contribution < -0.4 is 10.2 Å². The van der Waals surface area contributed by atoms with Crippen LogP contribution in [0.1, 0.15) is 32.4 Å². The van der Waals surface area contributed by atoms with Crippen molar-refractivity contribution in [2.45, 2.75) is 33.2 Å². The van der Waals surface area contributed by atoms with E-state index in [2.05, 4.69) is 40.2 Å². The SMILES string of the molecule is C#CCN(CCC)c1ccc(CNCCC)nn1. The highest BCUT2D eigenvalue weighted by atomic mass is 15.3. The van der Waals surface area contributed by atoms with E-state index in [0.717, 1.165) is 44.0 Å². The third-order valence-electron chi connectivity index (χ3n) is 2.54. The molecule has 1 N–H and O–H groups in total. The van der Waals surface area contributed by atoms with E-state index in [1.165, 1.54) is 0 Å². The van der Waals surface area contributed by atoms with Crippen LogP contribution in [0.5, 0.6) is 0 Å². The van der Waals surface area contributed by atoms with E-state index in [4.69, 9.17) is 6.42 Å². The summed E-state index contributed by atoms with van der Waals surface area (Å²) >= 11 is 0. The molecular formula is C14H22N4. The molecule has 0 aliphatic heterocycles. The summed E-state index contributed by atoms with van der Waals surface area (Å²) in [5.41, 5.74) is 0.962. The molecule has 0 radical (unpaired) electrons. The molecule has 98 valence electrons. The molecule has 1 aromatic rings. The highest BCUT2D eigenvalue weighted by Crippen LogP contribution is 2.09. The number of hydrogen-bond donors (Lipinski definition) is 1. The van der Waals surface area contributed by atoms with Crippen molar-refractivity contribution in [1.82, 2.24) is 15.5 Å². The van der Waals surface area contributed by atoms with E-state index in [9.17, 15) is 0 Å². The summed E-state index contributed by atoms with van der Waals surface area (Å²) in [4.78, 5) is 2.07. The summed E-state index contributed by atoms with van der Waals surface area (Å²) in [6.07, 6.45) is 7.53. The molecule has 1 heterocycles. The predicted octanol–water partition coefficient (Wildman–Crippen LogP) is 1.83. The van der Waals surface area contributed by atoms with Crippen LogP contribution in [0.25, 0.3) is 0 Å². The van der Waals surface area contributed by atoms with Gasteiger partial charge in [-0.1, -0.05) is 19.8 Å². The van der Waals surface area contributed by atoms with Crippen molar-refractivity contribution in [1.29, 1.82) is 0 Å². The molecule has 1 aromatic heterocycles. The Morgan fingerprint density at radius 3 is 2.67 bits per heavy atom. The first kappa shape index (κ1) is 14.5. The van der Waals surface area contributed by atoms with Gasteiger partial charge in [0.2, 0.25) is 0 Å². The maximum Gasteiger partial charge on any atom is 0.152 e. The molecule has 1 rings (SSSR count). The van der Waals surface area contributed by atoms with Gasteiger partial charge in [-0.05, 0) is 31.5 Å². The summed E-state index contributed by atoms with van der Waals surface area (Å²) in [6, 6.07) is 3.99. The number of anilines is 1. The maximum absolute atomic E-state index is 5.36. The van der Waals surface area contributed by atoms with Gasteiger partial charge in [-0.15, -0.1) is 11.5 Å². The molecule has 4 nitrogen and oxygen atoms in total. The van der Waals surface area contributed by atoms with Crippen LogP contribution in [-0.4, -0.2) is 29.8 Å². The van der Waals surface area contributed by atoms with E-state index in [1.54, 1.807) is 0 Å². The van der Waals surface area contributed by atoms with Crippen molar-refractivity contribution in [2.24, 2.45) is 0 Å². The lowest BCUT2D eigenvalue weighted by Gasteiger charge is -2.19. The van der Waals surface area contributed by atoms with Gasteiger partial charge in [-0.3, -0.25) is 0 Å². The Balaban J connectivity index is 2.59. The molecule has 0 spiro atoms. The quantitative estimate of drug-likeness (QED) is 0.561. The van der Waals surface area contributed by atoms with Gasteiger partial charge in [0.15, 0.2) is 5.82 Å². The molecule has 18 heavy (non-hydrogen) atoms. The number of rotatable bonds is 8. The molecule has 0 bridgehead atoms. The van der Waals surface area contributed by atoms with Crippen LogP contribution in [0, 0.1) is 12.3 Å². The summed E-state index contributed by atoms with van der Waals surface area (Å²) in [5, 5.41) is 11.8. The summed E-state index contributed by atoms with van der Waals surface area (Å²) < 4.78 is 0. The fourth-order valence-corrected chi connectivity index (χ4v) is 1.66. The molecule has 0 aromatic carbocycles. The van der Waals surface area contributed by atoms with Crippen LogP contribution in [0.2, 0.25) is 0 Å². The van der Waals surface area contributed by atoms with Crippen LogP contribution in [-0.2, 0) is 6.54 Å². The normalized spacial score (nSPS) is 10.1. The van der Waals surface area contributed by atoms with Crippen LogP contribution >= 0.6 is 0 Å². The number of hydrogen-bond acceptors (Lipinski definition) is 4. The first-order valence-electron chi connectivity index (χ1n) is 6.53. The first-order valence-corrected chi connectivity index (χ1v) is 6.53. The number of nitrogens with zero attached hydrogens (tertiary/aromatic N) is 3. The number of aromatic nitrogens is 2. The number of terminal acetylenes is 1. The third kappa shape index (κ3) is 4.72. The third-order valence-corrected chi connectivity index (χ3v) is 2.54. The summed E-state index contributed by atoms with van der Waals surface area (Å²) in [7, 11) is 0. The lowest BCUT2D eigenvalue weighted by Crippen LogP contribution is -2.26. The minimum atomic E-state index is 0.579. The van der Waals surface area contributed by atoms with Crippen molar-refractivity contribution >= 4 is 5.82 Å². The van der Waals surface area contributed by atoms with Crippen molar-refractivity contribution < 1.29 is 0 Å². The van der Waals surface area contributed by atoms with Gasteiger partial charge >= 0.3 is 0 Å². The van der Waals surface area contributed by atoms with Crippen LogP contribution in [0.4, 0.5) is 5.82 Å². The fraction of sp³-hybridized carbons (Fsp3) is 0.571. The predicted molar refractivity (Wildman–Crippen MR) is 75.4 cm³/mol. The Kier molecular flexibility index (Phi) is 6.82. The first-order chi connectivity index (χ1) is 8.81. The van der Waals surface area contributed by atoms with E-state index >= 15 is 0 Å². The zero-order valence-corrected chi connectivity index (χ0v) is 11.3. The van der Waals surface area contributed by atoms with Crippen molar-refractivity contribution in [3.63, 3.8) is 0 Å². The lowest BCUT2D eigenvalue weighted by atomic mass is 10.3. The Bertz CT molecular complexity index is 366. The number of nitrogens with one attached hydrogen (secondary N) is 1. The fourth-order valence-electron chi connectivity index (χ4n) is 1.66. The van der Waals surface area contributed by atoms with Gasteiger partial charge < -0.3 is 10.2 Å². The second kappa shape index (κ2) is 8.48. The zero-order chi connectivity index (χ0) is 13.2. The van der Waals surface area contributed by atoms with E-state index < -0.39 is 0 Å². The molecule has 0 atom stereocenters. The van der Waals surface area contributed by atoms with Crippen molar-refractivity contribution in [3.05, 3.63) is 17.8 Å². The van der Waals surface area contributed by atoms with Gasteiger partial charge in [0.25, 0.3) is 0 Å². The highest BCUT2D eigenvalue weighted by molar-refractivity contribution is 5.38. The van der Waals surface area contributed by atoms with Gasteiger partial charge in [-0.25, -0.2) is 0 Å². The van der Waals surface area contributed by atoms with Gasteiger partial charge in [-0.2, -0.15) is 5.10 Å². The smallest absolute Gasteiger partial charge is 0.152 e. The van der Waals surface area contributed by atoms with Gasteiger partial charge in [0, 0.05) is 13.1 Å². The summed E-state index contributed by atoms with van der Waals surface area (Å²) in [5.74, 6) is 3.51. The molecule has 0 saturated heterocycles. The van der Waals surface area contributed by atoms with Gasteiger partial charge in [0.1, 0.15) is 0 Å². The molecule has 0 saturated carbocycles. The van der Waals surface area contributed by atoms with Crippen molar-refractivity contribution in [2.75, 3.05) is 24.5 Å². The Morgan fingerprint density at radius 1 is 1.28 bits per heavy atom. The van der Waals surface area contributed by atoms with Crippen LogP contribution in [0.3, 0.4) is 0 Å². The highest BCUT2D eigenvalue weighted by Gasteiger charge is 2.06.